The van der Waals surface area contributed by atoms with Gasteiger partial charge < -0.3 is 10.6 Å². The fourth-order valence-corrected chi connectivity index (χ4v) is 1.28. The summed E-state index contributed by atoms with van der Waals surface area (Å²) in [6.07, 6.45) is 1.53. The normalized spacial score (nSPS) is 9.83. The molecule has 0 atom stereocenters. The van der Waals surface area contributed by atoms with Crippen molar-refractivity contribution >= 4 is 17.5 Å². The van der Waals surface area contributed by atoms with Gasteiger partial charge in [-0.2, -0.15) is 5.10 Å². The zero-order chi connectivity index (χ0) is 12.8. The highest BCUT2D eigenvalue weighted by Gasteiger charge is 2.08. The van der Waals surface area contributed by atoms with Gasteiger partial charge >= 0.3 is 0 Å². The molecule has 0 saturated heterocycles. The fraction of sp³-hybridized carbons (Fsp3) is 0.182. The Hall–Kier alpha value is -2.57. The molecule has 0 unspecified atom stereocenters. The molecule has 1 amide bonds. The van der Waals surface area contributed by atoms with Gasteiger partial charge in [-0.05, 0) is 31.2 Å². The van der Waals surface area contributed by atoms with E-state index >= 15 is 0 Å². The first-order valence-corrected chi connectivity index (χ1v) is 5.46. The highest BCUT2D eigenvalue weighted by molar-refractivity contribution is 6.02. The lowest BCUT2D eigenvalue weighted by Gasteiger charge is -2.03. The van der Waals surface area contributed by atoms with Crippen LogP contribution in [-0.4, -0.2) is 32.8 Å². The van der Waals surface area contributed by atoms with E-state index < -0.39 is 0 Å². The minimum atomic E-state index is -0.369. The number of anilines is 2. The summed E-state index contributed by atoms with van der Waals surface area (Å²) in [5.41, 5.74) is 0.224. The maximum atomic E-state index is 11.8. The molecule has 0 aromatic carbocycles. The third-order valence-electron chi connectivity index (χ3n) is 2.07. The molecule has 0 bridgehead atoms. The van der Waals surface area contributed by atoms with E-state index in [1.807, 2.05) is 6.92 Å². The standard InChI is InChI=1S/C11H12N6O/c1-2-12-9-6-5-8(15-17-9)11(18)14-10-4-3-7-13-16-10/h3-7H,2H2,1H3,(H,12,17)(H,14,16,18). The molecule has 92 valence electrons. The third-order valence-corrected chi connectivity index (χ3v) is 2.07. The number of nitrogens with zero attached hydrogens (tertiary/aromatic N) is 4. The number of aromatic nitrogens is 4. The molecule has 0 aliphatic heterocycles. The second kappa shape index (κ2) is 5.67. The first-order valence-electron chi connectivity index (χ1n) is 5.46. The summed E-state index contributed by atoms with van der Waals surface area (Å²) in [7, 11) is 0. The van der Waals surface area contributed by atoms with Crippen molar-refractivity contribution in [3.8, 4) is 0 Å². The number of carbonyl (C=O) groups is 1. The Morgan fingerprint density at radius 1 is 1.17 bits per heavy atom. The van der Waals surface area contributed by atoms with Crippen molar-refractivity contribution in [2.24, 2.45) is 0 Å². The average molecular weight is 244 g/mol. The molecule has 2 heterocycles. The molecule has 0 saturated carbocycles. The van der Waals surface area contributed by atoms with Gasteiger partial charge in [0.2, 0.25) is 0 Å². The van der Waals surface area contributed by atoms with Crippen LogP contribution in [0.4, 0.5) is 11.6 Å². The van der Waals surface area contributed by atoms with Crippen molar-refractivity contribution in [3.63, 3.8) is 0 Å². The number of amides is 1. The Balaban J connectivity index is 2.05. The minimum Gasteiger partial charge on any atom is -0.369 e. The van der Waals surface area contributed by atoms with Gasteiger partial charge in [0.1, 0.15) is 5.82 Å². The maximum Gasteiger partial charge on any atom is 0.277 e. The second-order valence-corrected chi connectivity index (χ2v) is 3.40. The van der Waals surface area contributed by atoms with Gasteiger partial charge in [0, 0.05) is 12.7 Å². The van der Waals surface area contributed by atoms with Crippen molar-refractivity contribution in [2.45, 2.75) is 6.92 Å². The monoisotopic (exact) mass is 244 g/mol. The highest BCUT2D eigenvalue weighted by atomic mass is 16.2. The molecule has 0 spiro atoms. The first-order chi connectivity index (χ1) is 8.79. The van der Waals surface area contributed by atoms with Gasteiger partial charge in [0.25, 0.3) is 5.91 Å². The van der Waals surface area contributed by atoms with Crippen molar-refractivity contribution < 1.29 is 4.79 Å². The van der Waals surface area contributed by atoms with Crippen LogP contribution in [0.3, 0.4) is 0 Å². The van der Waals surface area contributed by atoms with Crippen LogP contribution >= 0.6 is 0 Å². The van der Waals surface area contributed by atoms with Crippen LogP contribution in [0.25, 0.3) is 0 Å². The first kappa shape index (κ1) is 11.9. The van der Waals surface area contributed by atoms with Crippen molar-refractivity contribution in [2.75, 3.05) is 17.2 Å². The van der Waals surface area contributed by atoms with Crippen LogP contribution in [0, 0.1) is 0 Å². The summed E-state index contributed by atoms with van der Waals surface area (Å²) in [5, 5.41) is 20.7. The van der Waals surface area contributed by atoms with Crippen LogP contribution in [0.15, 0.2) is 30.5 Å². The van der Waals surface area contributed by atoms with Crippen LogP contribution in [-0.2, 0) is 0 Å². The lowest BCUT2D eigenvalue weighted by molar-refractivity contribution is 0.102. The topological polar surface area (TPSA) is 92.7 Å². The number of hydrogen-bond acceptors (Lipinski definition) is 6. The highest BCUT2D eigenvalue weighted by Crippen LogP contribution is 2.04. The number of carbonyl (C=O) groups excluding carboxylic acids is 1. The smallest absolute Gasteiger partial charge is 0.277 e. The molecule has 0 aliphatic carbocycles. The zero-order valence-corrected chi connectivity index (χ0v) is 9.79. The molecule has 7 heteroatoms. The second-order valence-electron chi connectivity index (χ2n) is 3.40. The van der Waals surface area contributed by atoms with Crippen LogP contribution in [0.5, 0.6) is 0 Å². The van der Waals surface area contributed by atoms with E-state index in [-0.39, 0.29) is 11.6 Å². The van der Waals surface area contributed by atoms with E-state index in [1.165, 1.54) is 6.20 Å². The van der Waals surface area contributed by atoms with Gasteiger partial charge in [-0.15, -0.1) is 15.3 Å². The quantitative estimate of drug-likeness (QED) is 0.831. The van der Waals surface area contributed by atoms with E-state index in [9.17, 15) is 4.79 Å². The maximum absolute atomic E-state index is 11.8. The molecular formula is C11H12N6O. The predicted octanol–water partition coefficient (Wildman–Crippen LogP) is 0.951. The largest absolute Gasteiger partial charge is 0.369 e. The average Bonchev–Trinajstić information content (AvgIpc) is 2.41. The number of hydrogen-bond donors (Lipinski definition) is 2. The molecule has 7 nitrogen and oxygen atoms in total. The zero-order valence-electron chi connectivity index (χ0n) is 9.79. The van der Waals surface area contributed by atoms with E-state index in [0.717, 1.165) is 6.54 Å². The number of nitrogens with one attached hydrogen (secondary N) is 2. The number of rotatable bonds is 4. The molecule has 2 aromatic rings. The lowest BCUT2D eigenvalue weighted by Crippen LogP contribution is -2.15. The van der Waals surface area contributed by atoms with Crippen molar-refractivity contribution in [3.05, 3.63) is 36.2 Å². The summed E-state index contributed by atoms with van der Waals surface area (Å²) in [5.74, 6) is 0.639. The van der Waals surface area contributed by atoms with Crippen molar-refractivity contribution in [1.29, 1.82) is 0 Å². The van der Waals surface area contributed by atoms with Gasteiger partial charge in [0.15, 0.2) is 11.5 Å². The summed E-state index contributed by atoms with van der Waals surface area (Å²) in [4.78, 5) is 11.8. The molecule has 18 heavy (non-hydrogen) atoms. The molecule has 0 fully saturated rings. The predicted molar refractivity (Wildman–Crippen MR) is 66.2 cm³/mol. The summed E-state index contributed by atoms with van der Waals surface area (Å²) in [6.45, 7) is 2.70. The van der Waals surface area contributed by atoms with E-state index in [1.54, 1.807) is 24.3 Å². The molecule has 0 aliphatic rings. The van der Waals surface area contributed by atoms with E-state index in [0.29, 0.717) is 11.6 Å². The van der Waals surface area contributed by atoms with Crippen molar-refractivity contribution in [1.82, 2.24) is 20.4 Å². The van der Waals surface area contributed by atoms with Gasteiger partial charge in [-0.3, -0.25) is 4.79 Å². The molecular weight excluding hydrogens is 232 g/mol. The SMILES string of the molecule is CCNc1ccc(C(=O)Nc2cccnn2)nn1. The Labute approximate surface area is 104 Å². The summed E-state index contributed by atoms with van der Waals surface area (Å²) < 4.78 is 0. The minimum absolute atomic E-state index is 0.224. The fourth-order valence-electron chi connectivity index (χ4n) is 1.28. The molecule has 2 rings (SSSR count). The van der Waals surface area contributed by atoms with Crippen LogP contribution in [0.1, 0.15) is 17.4 Å². The Morgan fingerprint density at radius 3 is 2.67 bits per heavy atom. The Bertz CT molecular complexity index is 513. The Morgan fingerprint density at radius 2 is 2.06 bits per heavy atom. The summed E-state index contributed by atoms with van der Waals surface area (Å²) >= 11 is 0. The lowest BCUT2D eigenvalue weighted by atomic mass is 10.3. The molecule has 2 N–H and O–H groups in total. The van der Waals surface area contributed by atoms with Crippen LogP contribution < -0.4 is 10.6 Å². The molecule has 2 aromatic heterocycles. The van der Waals surface area contributed by atoms with Gasteiger partial charge in [-0.1, -0.05) is 0 Å². The Kier molecular flexibility index (Phi) is 3.75. The third kappa shape index (κ3) is 2.97. The summed E-state index contributed by atoms with van der Waals surface area (Å²) in [6, 6.07) is 6.62. The van der Waals surface area contributed by atoms with E-state index in [4.69, 9.17) is 0 Å². The van der Waals surface area contributed by atoms with E-state index in [2.05, 4.69) is 31.0 Å². The van der Waals surface area contributed by atoms with Crippen LogP contribution in [0.2, 0.25) is 0 Å². The van der Waals surface area contributed by atoms with Gasteiger partial charge in [0.05, 0.1) is 0 Å². The molecule has 0 radical (unpaired) electrons. The van der Waals surface area contributed by atoms with Gasteiger partial charge in [-0.25, -0.2) is 0 Å².